The molecule has 4 rings (SSSR count). The van der Waals surface area contributed by atoms with Crippen molar-refractivity contribution in [2.24, 2.45) is 0 Å². The number of amides is 1. The molecule has 1 aromatic carbocycles. The van der Waals surface area contributed by atoms with Crippen LogP contribution >= 0.6 is 11.6 Å². The van der Waals surface area contributed by atoms with Crippen LogP contribution in [0.3, 0.4) is 0 Å². The number of carbonyl (C=O) groups is 1. The normalized spacial score (nSPS) is 19.9. The summed E-state index contributed by atoms with van der Waals surface area (Å²) in [6, 6.07) is 3.80. The third-order valence-corrected chi connectivity index (χ3v) is 4.71. The van der Waals surface area contributed by atoms with E-state index in [1.165, 1.54) is 0 Å². The molecule has 1 fully saturated rings. The summed E-state index contributed by atoms with van der Waals surface area (Å²) in [5, 5.41) is 9.22. The molecule has 2 aliphatic heterocycles. The molecule has 0 bridgehead atoms. The largest absolute Gasteiger partial charge is 0.483 e. The number of fused-ring (bicyclic) bond motifs is 3. The van der Waals surface area contributed by atoms with Crippen molar-refractivity contribution in [2.45, 2.75) is 25.9 Å². The minimum absolute atomic E-state index is 0.0562. The summed E-state index contributed by atoms with van der Waals surface area (Å²) < 4.78 is 7.73. The number of ether oxygens (including phenoxy) is 1. The van der Waals surface area contributed by atoms with E-state index < -0.39 is 0 Å². The van der Waals surface area contributed by atoms with Gasteiger partial charge in [-0.05, 0) is 18.6 Å². The monoisotopic (exact) mass is 318 g/mol. The van der Waals surface area contributed by atoms with Crippen LogP contribution in [-0.4, -0.2) is 39.2 Å². The van der Waals surface area contributed by atoms with E-state index in [2.05, 4.69) is 10.2 Å². The average Bonchev–Trinajstić information content (AvgIpc) is 3.05. The smallest absolute Gasteiger partial charge is 0.223 e. The maximum Gasteiger partial charge on any atom is 0.223 e. The molecule has 2 aromatic rings. The van der Waals surface area contributed by atoms with Crippen molar-refractivity contribution >= 4 is 17.5 Å². The fourth-order valence-corrected chi connectivity index (χ4v) is 3.22. The van der Waals surface area contributed by atoms with Crippen molar-refractivity contribution in [1.82, 2.24) is 19.7 Å². The predicted octanol–water partition coefficient (Wildman–Crippen LogP) is 2.07. The van der Waals surface area contributed by atoms with Crippen LogP contribution in [0, 0.1) is 6.92 Å². The Kier molecular flexibility index (Phi) is 2.91. The van der Waals surface area contributed by atoms with Gasteiger partial charge in [0, 0.05) is 37.0 Å². The molecule has 3 heterocycles. The Morgan fingerprint density at radius 1 is 1.36 bits per heavy atom. The van der Waals surface area contributed by atoms with Crippen LogP contribution in [0.5, 0.6) is 5.75 Å². The van der Waals surface area contributed by atoms with E-state index in [0.717, 1.165) is 28.6 Å². The van der Waals surface area contributed by atoms with E-state index in [0.29, 0.717) is 24.6 Å². The third-order valence-electron chi connectivity index (χ3n) is 4.30. The number of carbonyl (C=O) groups excluding carboxylic acids is 1. The summed E-state index contributed by atoms with van der Waals surface area (Å²) in [5.74, 6) is 2.50. The molecule has 6 nitrogen and oxygen atoms in total. The Morgan fingerprint density at radius 2 is 2.18 bits per heavy atom. The number of hydrogen-bond acceptors (Lipinski definition) is 4. The molecule has 1 unspecified atom stereocenters. The molecular formula is C15H15ClN4O2. The number of likely N-dealkylation sites (tertiary alicyclic amines) is 1. The van der Waals surface area contributed by atoms with E-state index in [1.807, 2.05) is 30.7 Å². The van der Waals surface area contributed by atoms with Crippen molar-refractivity contribution < 1.29 is 9.53 Å². The van der Waals surface area contributed by atoms with Gasteiger partial charge in [-0.2, -0.15) is 0 Å². The molecular weight excluding hydrogens is 304 g/mol. The summed E-state index contributed by atoms with van der Waals surface area (Å²) in [5.41, 5.74) is 1.86. The van der Waals surface area contributed by atoms with Crippen LogP contribution in [0.25, 0.3) is 5.69 Å². The minimum atomic E-state index is 0.0562. The number of benzene rings is 1. The van der Waals surface area contributed by atoms with Crippen molar-refractivity contribution in [2.75, 3.05) is 13.6 Å². The first-order chi connectivity index (χ1) is 10.5. The van der Waals surface area contributed by atoms with Crippen molar-refractivity contribution in [1.29, 1.82) is 0 Å². The van der Waals surface area contributed by atoms with Gasteiger partial charge in [0.25, 0.3) is 0 Å². The Balaban J connectivity index is 1.84. The highest BCUT2D eigenvalue weighted by Gasteiger charge is 2.34. The van der Waals surface area contributed by atoms with Gasteiger partial charge < -0.3 is 9.64 Å². The van der Waals surface area contributed by atoms with Crippen LogP contribution in [-0.2, 0) is 11.4 Å². The number of hydrogen-bond donors (Lipinski definition) is 0. The summed E-state index contributed by atoms with van der Waals surface area (Å²) in [7, 11) is 1.82. The SMILES string of the molecule is Cc1cc2c(cc1Cl)OCc1nnc(C3CC(=O)N(C)C3)n1-2. The van der Waals surface area contributed by atoms with E-state index >= 15 is 0 Å². The molecule has 1 aromatic heterocycles. The van der Waals surface area contributed by atoms with E-state index in [9.17, 15) is 4.79 Å². The molecule has 0 radical (unpaired) electrons. The Labute approximate surface area is 132 Å². The highest BCUT2D eigenvalue weighted by Crippen LogP contribution is 2.37. The number of rotatable bonds is 1. The number of aromatic nitrogens is 3. The molecule has 0 spiro atoms. The lowest BCUT2D eigenvalue weighted by Crippen LogP contribution is -2.20. The molecule has 1 amide bonds. The van der Waals surface area contributed by atoms with E-state index in [1.54, 1.807) is 4.90 Å². The maximum atomic E-state index is 11.8. The molecule has 1 saturated heterocycles. The van der Waals surface area contributed by atoms with Gasteiger partial charge in [-0.3, -0.25) is 9.36 Å². The van der Waals surface area contributed by atoms with Crippen molar-refractivity contribution in [3.63, 3.8) is 0 Å². The van der Waals surface area contributed by atoms with E-state index in [-0.39, 0.29) is 11.8 Å². The first-order valence-corrected chi connectivity index (χ1v) is 7.54. The number of likely N-dealkylation sites (N-methyl/N-ethyl adjacent to an activating group) is 1. The second-order valence-electron chi connectivity index (χ2n) is 5.84. The van der Waals surface area contributed by atoms with Crippen LogP contribution in [0.2, 0.25) is 5.02 Å². The molecule has 0 aliphatic carbocycles. The molecule has 114 valence electrons. The number of aryl methyl sites for hydroxylation is 1. The fraction of sp³-hybridized carbons (Fsp3) is 0.400. The third kappa shape index (κ3) is 1.90. The predicted molar refractivity (Wildman–Crippen MR) is 80.4 cm³/mol. The average molecular weight is 319 g/mol. The zero-order valence-electron chi connectivity index (χ0n) is 12.3. The molecule has 7 heteroatoms. The highest BCUT2D eigenvalue weighted by molar-refractivity contribution is 6.31. The lowest BCUT2D eigenvalue weighted by molar-refractivity contribution is -0.126. The lowest BCUT2D eigenvalue weighted by Gasteiger charge is -2.22. The second kappa shape index (κ2) is 4.71. The zero-order chi connectivity index (χ0) is 15.4. The first kappa shape index (κ1) is 13.6. The van der Waals surface area contributed by atoms with Crippen molar-refractivity contribution in [3.8, 4) is 11.4 Å². The molecule has 0 N–H and O–H groups in total. The summed E-state index contributed by atoms with van der Waals surface area (Å²) >= 11 is 6.18. The summed E-state index contributed by atoms with van der Waals surface area (Å²) in [6.45, 7) is 2.98. The first-order valence-electron chi connectivity index (χ1n) is 7.16. The van der Waals surface area contributed by atoms with Gasteiger partial charge in [-0.15, -0.1) is 10.2 Å². The van der Waals surface area contributed by atoms with Crippen molar-refractivity contribution in [3.05, 3.63) is 34.4 Å². The van der Waals surface area contributed by atoms with Gasteiger partial charge in [0.1, 0.15) is 18.2 Å². The molecule has 0 saturated carbocycles. The fourth-order valence-electron chi connectivity index (χ4n) is 3.07. The van der Waals surface area contributed by atoms with Gasteiger partial charge in [-0.1, -0.05) is 11.6 Å². The summed E-state index contributed by atoms with van der Waals surface area (Å²) in [6.07, 6.45) is 0.470. The lowest BCUT2D eigenvalue weighted by atomic mass is 10.1. The van der Waals surface area contributed by atoms with Crippen LogP contribution in [0.1, 0.15) is 29.6 Å². The van der Waals surface area contributed by atoms with Crippen LogP contribution < -0.4 is 4.74 Å². The summed E-state index contributed by atoms with van der Waals surface area (Å²) in [4.78, 5) is 13.6. The van der Waals surface area contributed by atoms with Crippen LogP contribution in [0.4, 0.5) is 0 Å². The van der Waals surface area contributed by atoms with Crippen LogP contribution in [0.15, 0.2) is 12.1 Å². The number of halogens is 1. The van der Waals surface area contributed by atoms with Gasteiger partial charge >= 0.3 is 0 Å². The topological polar surface area (TPSA) is 60.3 Å². The quantitative estimate of drug-likeness (QED) is 0.807. The van der Waals surface area contributed by atoms with Gasteiger partial charge in [0.05, 0.1) is 5.69 Å². The van der Waals surface area contributed by atoms with Gasteiger partial charge in [-0.25, -0.2) is 0 Å². The minimum Gasteiger partial charge on any atom is -0.483 e. The molecule has 1 atom stereocenters. The highest BCUT2D eigenvalue weighted by atomic mass is 35.5. The van der Waals surface area contributed by atoms with E-state index in [4.69, 9.17) is 16.3 Å². The Morgan fingerprint density at radius 3 is 2.91 bits per heavy atom. The standard InChI is InChI=1S/C15H15ClN4O2/c1-8-3-11-12(5-10(8)16)22-7-13-17-18-15(20(11)13)9-4-14(21)19(2)6-9/h3,5,9H,4,6-7H2,1-2H3. The Hall–Kier alpha value is -2.08. The number of nitrogens with zero attached hydrogens (tertiary/aromatic N) is 4. The zero-order valence-corrected chi connectivity index (χ0v) is 13.1. The van der Waals surface area contributed by atoms with Gasteiger partial charge in [0.15, 0.2) is 5.82 Å². The maximum absolute atomic E-state index is 11.8. The second-order valence-corrected chi connectivity index (χ2v) is 6.25. The molecule has 22 heavy (non-hydrogen) atoms. The van der Waals surface area contributed by atoms with Gasteiger partial charge in [0.2, 0.25) is 5.91 Å². The molecule has 2 aliphatic rings. The Bertz CT molecular complexity index is 786.